The smallest absolute Gasteiger partial charge is 0.274 e. The summed E-state index contributed by atoms with van der Waals surface area (Å²) in [6.07, 6.45) is 0. The zero-order valence-corrected chi connectivity index (χ0v) is 9.58. The summed E-state index contributed by atoms with van der Waals surface area (Å²) in [5, 5.41) is 4.66. The molecule has 86 valence electrons. The number of nitrogens with one attached hydrogen (secondary N) is 1. The van der Waals surface area contributed by atoms with Crippen molar-refractivity contribution in [1.29, 1.82) is 0 Å². The molecule has 2 amide bonds. The predicted molar refractivity (Wildman–Crippen MR) is 60.0 cm³/mol. The molecule has 0 aromatic carbocycles. The molecule has 1 unspecified atom stereocenters. The molecule has 1 aliphatic rings. The highest BCUT2D eigenvalue weighted by Crippen LogP contribution is 2.15. The van der Waals surface area contributed by atoms with Crippen LogP contribution < -0.4 is 11.1 Å². The second kappa shape index (κ2) is 4.09. The quantitative estimate of drug-likeness (QED) is 0.704. The van der Waals surface area contributed by atoms with Gasteiger partial charge in [0, 0.05) is 18.5 Å². The predicted octanol–water partition coefficient (Wildman–Crippen LogP) is -0.314. The Bertz CT molecular complexity index is 431. The van der Waals surface area contributed by atoms with Crippen LogP contribution in [0, 0.1) is 0 Å². The lowest BCUT2D eigenvalue weighted by atomic mass is 10.2. The van der Waals surface area contributed by atoms with Crippen LogP contribution in [0.4, 0.5) is 5.13 Å². The minimum Gasteiger partial charge on any atom is -0.375 e. The number of hydrogen-bond donors (Lipinski definition) is 2. The molecule has 7 heteroatoms. The molecule has 1 aromatic rings. The third-order valence-electron chi connectivity index (χ3n) is 2.50. The third-order valence-corrected chi connectivity index (χ3v) is 3.17. The highest BCUT2D eigenvalue weighted by Gasteiger charge is 2.30. The average molecular weight is 240 g/mol. The molecule has 0 radical (unpaired) electrons. The van der Waals surface area contributed by atoms with Crippen molar-refractivity contribution in [3.63, 3.8) is 0 Å². The first-order chi connectivity index (χ1) is 7.59. The molecule has 0 bridgehead atoms. The number of carbonyl (C=O) groups is 2. The maximum Gasteiger partial charge on any atom is 0.274 e. The summed E-state index contributed by atoms with van der Waals surface area (Å²) in [5.41, 5.74) is 5.77. The van der Waals surface area contributed by atoms with E-state index >= 15 is 0 Å². The topological polar surface area (TPSA) is 88.3 Å². The van der Waals surface area contributed by atoms with Crippen molar-refractivity contribution in [3.8, 4) is 0 Å². The van der Waals surface area contributed by atoms with Crippen LogP contribution in [0.3, 0.4) is 0 Å². The van der Waals surface area contributed by atoms with E-state index in [1.165, 1.54) is 16.2 Å². The Morgan fingerprint density at radius 2 is 2.50 bits per heavy atom. The van der Waals surface area contributed by atoms with Crippen LogP contribution in [-0.2, 0) is 4.79 Å². The van der Waals surface area contributed by atoms with Gasteiger partial charge in [0.25, 0.3) is 5.91 Å². The van der Waals surface area contributed by atoms with Gasteiger partial charge in [-0.3, -0.25) is 9.59 Å². The van der Waals surface area contributed by atoms with Gasteiger partial charge in [-0.25, -0.2) is 4.98 Å². The van der Waals surface area contributed by atoms with Gasteiger partial charge in [0.15, 0.2) is 5.13 Å². The number of nitrogens with zero attached hydrogens (tertiary/aromatic N) is 2. The minimum absolute atomic E-state index is 0.136. The van der Waals surface area contributed by atoms with Crippen molar-refractivity contribution in [1.82, 2.24) is 15.2 Å². The van der Waals surface area contributed by atoms with E-state index in [9.17, 15) is 9.59 Å². The van der Waals surface area contributed by atoms with E-state index in [-0.39, 0.29) is 11.8 Å². The van der Waals surface area contributed by atoms with E-state index in [4.69, 9.17) is 5.73 Å². The maximum absolute atomic E-state index is 12.0. The first-order valence-electron chi connectivity index (χ1n) is 4.89. The van der Waals surface area contributed by atoms with Gasteiger partial charge in [-0.05, 0) is 6.92 Å². The Hall–Kier alpha value is -1.63. The molecule has 0 spiro atoms. The standard InChI is InChI=1S/C9H12N4O2S/c1-5-7(14)11-2-3-13(5)8(15)6-4-16-9(10)12-6/h4-5H,2-3H2,1H3,(H2,10,12)(H,11,14). The largest absolute Gasteiger partial charge is 0.375 e. The van der Waals surface area contributed by atoms with Gasteiger partial charge in [0.2, 0.25) is 5.91 Å². The van der Waals surface area contributed by atoms with E-state index in [0.717, 1.165) is 0 Å². The fourth-order valence-corrected chi connectivity index (χ4v) is 2.13. The Morgan fingerprint density at radius 3 is 3.12 bits per heavy atom. The molecule has 1 aromatic heterocycles. The van der Waals surface area contributed by atoms with Gasteiger partial charge < -0.3 is 16.0 Å². The Kier molecular flexibility index (Phi) is 2.78. The summed E-state index contributed by atoms with van der Waals surface area (Å²) >= 11 is 1.22. The number of carbonyl (C=O) groups excluding carboxylic acids is 2. The first-order valence-corrected chi connectivity index (χ1v) is 5.77. The lowest BCUT2D eigenvalue weighted by Gasteiger charge is -2.32. The van der Waals surface area contributed by atoms with Crippen LogP contribution in [0.15, 0.2) is 5.38 Å². The molecule has 1 saturated heterocycles. The molecule has 1 aliphatic heterocycles. The molecular weight excluding hydrogens is 228 g/mol. The summed E-state index contributed by atoms with van der Waals surface area (Å²) in [5.74, 6) is -0.377. The van der Waals surface area contributed by atoms with E-state index in [2.05, 4.69) is 10.3 Å². The molecule has 1 atom stereocenters. The van der Waals surface area contributed by atoms with Gasteiger partial charge in [0.1, 0.15) is 11.7 Å². The fourth-order valence-electron chi connectivity index (χ4n) is 1.59. The monoisotopic (exact) mass is 240 g/mol. The minimum atomic E-state index is -0.454. The number of aromatic nitrogens is 1. The van der Waals surface area contributed by atoms with Crippen molar-refractivity contribution in [2.45, 2.75) is 13.0 Å². The van der Waals surface area contributed by atoms with E-state index in [0.29, 0.717) is 23.9 Å². The van der Waals surface area contributed by atoms with Crippen LogP contribution >= 0.6 is 11.3 Å². The van der Waals surface area contributed by atoms with E-state index in [1.54, 1.807) is 12.3 Å². The summed E-state index contributed by atoms with van der Waals surface area (Å²) in [6, 6.07) is -0.454. The van der Waals surface area contributed by atoms with E-state index < -0.39 is 6.04 Å². The zero-order valence-electron chi connectivity index (χ0n) is 8.77. The van der Waals surface area contributed by atoms with Crippen molar-refractivity contribution in [2.24, 2.45) is 0 Å². The number of rotatable bonds is 1. The van der Waals surface area contributed by atoms with Crippen LogP contribution in [-0.4, -0.2) is 40.8 Å². The van der Waals surface area contributed by atoms with Gasteiger partial charge in [-0.15, -0.1) is 11.3 Å². The molecule has 0 saturated carbocycles. The number of piperazine rings is 1. The molecule has 16 heavy (non-hydrogen) atoms. The van der Waals surface area contributed by atoms with Crippen molar-refractivity contribution in [2.75, 3.05) is 18.8 Å². The number of hydrogen-bond acceptors (Lipinski definition) is 5. The number of nitrogens with two attached hydrogens (primary N) is 1. The molecule has 1 fully saturated rings. The van der Waals surface area contributed by atoms with Gasteiger partial charge in [-0.2, -0.15) is 0 Å². The molecule has 2 rings (SSSR count). The van der Waals surface area contributed by atoms with Gasteiger partial charge in [0.05, 0.1) is 0 Å². The first kappa shape index (κ1) is 10.9. The summed E-state index contributed by atoms with van der Waals surface area (Å²) in [4.78, 5) is 28.8. The SMILES string of the molecule is CC1C(=O)NCCN1C(=O)c1csc(N)n1. The lowest BCUT2D eigenvalue weighted by Crippen LogP contribution is -2.55. The van der Waals surface area contributed by atoms with Crippen LogP contribution in [0.25, 0.3) is 0 Å². The van der Waals surface area contributed by atoms with Crippen molar-refractivity contribution >= 4 is 28.3 Å². The maximum atomic E-state index is 12.0. The average Bonchev–Trinajstić information content (AvgIpc) is 2.68. The second-order valence-corrected chi connectivity index (χ2v) is 4.43. The van der Waals surface area contributed by atoms with Crippen LogP contribution in [0.1, 0.15) is 17.4 Å². The molecule has 6 nitrogen and oxygen atoms in total. The molecule has 3 N–H and O–H groups in total. The Morgan fingerprint density at radius 1 is 1.75 bits per heavy atom. The van der Waals surface area contributed by atoms with Crippen molar-refractivity contribution in [3.05, 3.63) is 11.1 Å². The van der Waals surface area contributed by atoms with Crippen LogP contribution in [0.2, 0.25) is 0 Å². The normalized spacial score (nSPS) is 20.7. The summed E-state index contributed by atoms with van der Waals surface area (Å²) < 4.78 is 0. The molecule has 2 heterocycles. The van der Waals surface area contributed by atoms with Gasteiger partial charge >= 0.3 is 0 Å². The van der Waals surface area contributed by atoms with E-state index in [1.807, 2.05) is 0 Å². The summed E-state index contributed by atoms with van der Waals surface area (Å²) in [6.45, 7) is 2.68. The number of nitrogen functional groups attached to an aromatic ring is 1. The Labute approximate surface area is 96.4 Å². The van der Waals surface area contributed by atoms with Crippen molar-refractivity contribution < 1.29 is 9.59 Å². The highest BCUT2D eigenvalue weighted by atomic mass is 32.1. The lowest BCUT2D eigenvalue weighted by molar-refractivity contribution is -0.127. The summed E-state index contributed by atoms with van der Waals surface area (Å²) in [7, 11) is 0. The molecule has 0 aliphatic carbocycles. The number of anilines is 1. The van der Waals surface area contributed by atoms with Gasteiger partial charge in [-0.1, -0.05) is 0 Å². The number of thiazole rings is 1. The number of amides is 2. The third kappa shape index (κ3) is 1.85. The van der Waals surface area contributed by atoms with Crippen LogP contribution in [0.5, 0.6) is 0 Å². The Balaban J connectivity index is 2.18. The molecular formula is C9H12N4O2S. The fraction of sp³-hybridized carbons (Fsp3) is 0.444. The zero-order chi connectivity index (χ0) is 11.7. The highest BCUT2D eigenvalue weighted by molar-refractivity contribution is 7.13. The second-order valence-electron chi connectivity index (χ2n) is 3.54.